The van der Waals surface area contributed by atoms with E-state index in [1.165, 1.54) is 9.21 Å². The molecule has 2 atom stereocenters. The van der Waals surface area contributed by atoms with Crippen molar-refractivity contribution in [2.75, 3.05) is 17.4 Å². The minimum atomic E-state index is -4.08. The molecule has 2 amide bonds. The van der Waals surface area contributed by atoms with Crippen molar-refractivity contribution in [2.24, 2.45) is 0 Å². The first-order valence-corrected chi connectivity index (χ1v) is 15.3. The fourth-order valence-corrected chi connectivity index (χ4v) is 5.89. The van der Waals surface area contributed by atoms with E-state index >= 15 is 0 Å². The topological polar surface area (TPSA) is 86.8 Å². The van der Waals surface area contributed by atoms with Gasteiger partial charge in [0, 0.05) is 12.6 Å². The summed E-state index contributed by atoms with van der Waals surface area (Å²) in [5.74, 6) is -0.706. The van der Waals surface area contributed by atoms with Gasteiger partial charge in [0.2, 0.25) is 11.8 Å². The van der Waals surface area contributed by atoms with E-state index in [-0.39, 0.29) is 23.4 Å². The molecule has 8 heteroatoms. The van der Waals surface area contributed by atoms with Crippen molar-refractivity contribution in [3.05, 3.63) is 95.6 Å². The van der Waals surface area contributed by atoms with Gasteiger partial charge in [-0.15, -0.1) is 0 Å². The maximum Gasteiger partial charge on any atom is 0.264 e. The second-order valence-electron chi connectivity index (χ2n) is 10.1. The Bertz CT molecular complexity index is 1370. The maximum atomic E-state index is 14.0. The molecule has 0 saturated heterocycles. The Labute approximate surface area is 239 Å². The summed E-state index contributed by atoms with van der Waals surface area (Å²) < 4.78 is 29.2. The van der Waals surface area contributed by atoms with Crippen LogP contribution in [0, 0.1) is 6.92 Å². The molecule has 214 valence electrons. The van der Waals surface area contributed by atoms with E-state index in [0.29, 0.717) is 18.5 Å². The minimum absolute atomic E-state index is 0.0455. The van der Waals surface area contributed by atoms with Crippen LogP contribution in [0.5, 0.6) is 0 Å². The normalized spacial score (nSPS) is 12.8. The molecule has 0 unspecified atom stereocenters. The predicted molar refractivity (Wildman–Crippen MR) is 161 cm³/mol. The minimum Gasteiger partial charge on any atom is -0.352 e. The molecule has 0 fully saturated rings. The number of hydrogen-bond donors (Lipinski definition) is 1. The van der Waals surface area contributed by atoms with Crippen LogP contribution in [0.2, 0.25) is 0 Å². The summed E-state index contributed by atoms with van der Waals surface area (Å²) in [5.41, 5.74) is 3.22. The molecule has 0 saturated carbocycles. The lowest BCUT2D eigenvalue weighted by Gasteiger charge is -2.33. The molecule has 0 heterocycles. The first kappa shape index (κ1) is 30.9. The van der Waals surface area contributed by atoms with Gasteiger partial charge in [-0.05, 0) is 69.4 Å². The van der Waals surface area contributed by atoms with Crippen LogP contribution in [0.3, 0.4) is 0 Å². The Hall–Kier alpha value is -3.65. The SMILES string of the molecule is CCc1ccccc1N(CC(=O)N(CCc1ccccc1)[C@H](C)C(=O)N[C@H](C)CC)S(=O)(=O)c1ccc(C)cc1. The highest BCUT2D eigenvalue weighted by atomic mass is 32.2. The average molecular weight is 564 g/mol. The highest BCUT2D eigenvalue weighted by Crippen LogP contribution is 2.28. The summed E-state index contributed by atoms with van der Waals surface area (Å²) >= 11 is 0. The number of para-hydroxylation sites is 1. The van der Waals surface area contributed by atoms with Crippen LogP contribution >= 0.6 is 0 Å². The van der Waals surface area contributed by atoms with Crippen molar-refractivity contribution in [3.63, 3.8) is 0 Å². The fourth-order valence-electron chi connectivity index (χ4n) is 4.44. The molecule has 0 spiro atoms. The van der Waals surface area contributed by atoms with Crippen LogP contribution in [-0.4, -0.2) is 50.3 Å². The zero-order valence-corrected chi connectivity index (χ0v) is 24.9. The predicted octanol–water partition coefficient (Wildman–Crippen LogP) is 5.13. The van der Waals surface area contributed by atoms with Gasteiger partial charge in [-0.1, -0.05) is 80.1 Å². The molecule has 1 N–H and O–H groups in total. The standard InChI is InChI=1S/C32H41N3O4S/c1-6-25(4)33-32(37)26(5)34(22-21-27-13-9-8-10-14-27)31(36)23-35(30-16-12-11-15-28(30)7-2)40(38,39)29-19-17-24(3)18-20-29/h8-20,25-26H,6-7,21-23H2,1-5H3,(H,33,37)/t25-,26-/m1/s1. The Balaban J connectivity index is 2.01. The van der Waals surface area contributed by atoms with Crippen LogP contribution in [0.1, 0.15) is 50.8 Å². The van der Waals surface area contributed by atoms with Crippen molar-refractivity contribution in [1.29, 1.82) is 0 Å². The van der Waals surface area contributed by atoms with Crippen molar-refractivity contribution < 1.29 is 18.0 Å². The molecule has 0 aliphatic heterocycles. The summed E-state index contributed by atoms with van der Waals surface area (Å²) in [6.07, 6.45) is 1.88. The van der Waals surface area contributed by atoms with Crippen molar-refractivity contribution in [3.8, 4) is 0 Å². The summed E-state index contributed by atoms with van der Waals surface area (Å²) in [5, 5.41) is 2.96. The second kappa shape index (κ2) is 14.1. The molecule has 7 nitrogen and oxygen atoms in total. The summed E-state index contributed by atoms with van der Waals surface area (Å²) in [6.45, 7) is 9.27. The van der Waals surface area contributed by atoms with E-state index < -0.39 is 28.5 Å². The highest BCUT2D eigenvalue weighted by Gasteiger charge is 2.33. The van der Waals surface area contributed by atoms with Gasteiger partial charge in [0.15, 0.2) is 0 Å². The van der Waals surface area contributed by atoms with Gasteiger partial charge < -0.3 is 10.2 Å². The Kier molecular flexibility index (Phi) is 10.9. The molecule has 3 aromatic rings. The zero-order valence-electron chi connectivity index (χ0n) is 24.1. The number of nitrogens with zero attached hydrogens (tertiary/aromatic N) is 2. The largest absolute Gasteiger partial charge is 0.352 e. The van der Waals surface area contributed by atoms with Gasteiger partial charge in [-0.25, -0.2) is 8.42 Å². The molecule has 3 aromatic carbocycles. The first-order chi connectivity index (χ1) is 19.1. The summed E-state index contributed by atoms with van der Waals surface area (Å²) in [4.78, 5) is 28.8. The molecule has 0 bridgehead atoms. The number of nitrogens with one attached hydrogen (secondary N) is 1. The van der Waals surface area contributed by atoms with Crippen molar-refractivity contribution in [1.82, 2.24) is 10.2 Å². The average Bonchev–Trinajstić information content (AvgIpc) is 2.96. The van der Waals surface area contributed by atoms with Gasteiger partial charge in [0.25, 0.3) is 10.0 Å². The molecular formula is C32H41N3O4S. The maximum absolute atomic E-state index is 14.0. The summed E-state index contributed by atoms with van der Waals surface area (Å²) in [7, 11) is -4.08. The Morgan fingerprint density at radius 3 is 2.12 bits per heavy atom. The molecule has 0 aliphatic carbocycles. The number of carbonyl (C=O) groups excluding carboxylic acids is 2. The first-order valence-electron chi connectivity index (χ1n) is 13.9. The summed E-state index contributed by atoms with van der Waals surface area (Å²) in [6, 6.07) is 22.7. The lowest BCUT2D eigenvalue weighted by molar-refractivity contribution is -0.139. The third-order valence-corrected chi connectivity index (χ3v) is 8.96. The number of carbonyl (C=O) groups is 2. The van der Waals surface area contributed by atoms with Crippen LogP contribution < -0.4 is 9.62 Å². The zero-order chi connectivity index (χ0) is 29.3. The van der Waals surface area contributed by atoms with Crippen LogP contribution in [0.15, 0.2) is 83.8 Å². The molecular weight excluding hydrogens is 522 g/mol. The molecule has 40 heavy (non-hydrogen) atoms. The smallest absolute Gasteiger partial charge is 0.264 e. The molecule has 3 rings (SSSR count). The van der Waals surface area contributed by atoms with E-state index in [1.54, 1.807) is 43.3 Å². The lowest BCUT2D eigenvalue weighted by atomic mass is 10.1. The number of benzene rings is 3. The van der Waals surface area contributed by atoms with Crippen LogP contribution in [-0.2, 0) is 32.5 Å². The van der Waals surface area contributed by atoms with E-state index in [4.69, 9.17) is 0 Å². The van der Waals surface area contributed by atoms with Gasteiger partial charge >= 0.3 is 0 Å². The monoisotopic (exact) mass is 563 g/mol. The van der Waals surface area contributed by atoms with Crippen molar-refractivity contribution in [2.45, 2.75) is 70.9 Å². The van der Waals surface area contributed by atoms with Crippen LogP contribution in [0.4, 0.5) is 5.69 Å². The lowest BCUT2D eigenvalue weighted by Crippen LogP contribution is -2.53. The number of sulfonamides is 1. The van der Waals surface area contributed by atoms with Gasteiger partial charge in [0.1, 0.15) is 12.6 Å². The number of hydrogen-bond acceptors (Lipinski definition) is 4. The van der Waals surface area contributed by atoms with Crippen molar-refractivity contribution >= 4 is 27.5 Å². The van der Waals surface area contributed by atoms with Gasteiger partial charge in [-0.3, -0.25) is 13.9 Å². The van der Waals surface area contributed by atoms with Crippen LogP contribution in [0.25, 0.3) is 0 Å². The van der Waals surface area contributed by atoms with E-state index in [2.05, 4.69) is 5.32 Å². The fraction of sp³-hybridized carbons (Fsp3) is 0.375. The third kappa shape index (κ3) is 7.72. The highest BCUT2D eigenvalue weighted by molar-refractivity contribution is 7.92. The molecule has 0 aliphatic rings. The van der Waals surface area contributed by atoms with Gasteiger partial charge in [-0.2, -0.15) is 0 Å². The number of amides is 2. The van der Waals surface area contributed by atoms with Gasteiger partial charge in [0.05, 0.1) is 10.6 Å². The Morgan fingerprint density at radius 1 is 0.875 bits per heavy atom. The number of aryl methyl sites for hydroxylation is 2. The van der Waals surface area contributed by atoms with E-state index in [0.717, 1.165) is 23.1 Å². The molecule has 0 aromatic heterocycles. The third-order valence-electron chi connectivity index (χ3n) is 7.18. The number of anilines is 1. The quantitative estimate of drug-likeness (QED) is 0.313. The van der Waals surface area contributed by atoms with E-state index in [9.17, 15) is 18.0 Å². The second-order valence-corrected chi connectivity index (χ2v) is 12.0. The Morgan fingerprint density at radius 2 is 1.50 bits per heavy atom. The van der Waals surface area contributed by atoms with E-state index in [1.807, 2.05) is 70.2 Å². The number of rotatable bonds is 13. The molecule has 0 radical (unpaired) electrons.